The Balaban J connectivity index is 2.22. The van der Waals surface area contributed by atoms with Gasteiger partial charge in [-0.2, -0.15) is 0 Å². The first-order chi connectivity index (χ1) is 9.74. The number of terminal acetylenes is 1. The molecule has 0 fully saturated rings. The zero-order valence-corrected chi connectivity index (χ0v) is 11.2. The van der Waals surface area contributed by atoms with Gasteiger partial charge in [0.2, 0.25) is 0 Å². The van der Waals surface area contributed by atoms with Crippen molar-refractivity contribution < 1.29 is 9.53 Å². The van der Waals surface area contributed by atoms with Crippen LogP contribution in [-0.4, -0.2) is 12.5 Å². The number of hydrogen-bond donors (Lipinski definition) is 1. The summed E-state index contributed by atoms with van der Waals surface area (Å²) in [5.74, 6) is 2.89. The second kappa shape index (κ2) is 6.44. The Bertz CT molecular complexity index is 656. The average molecular weight is 265 g/mol. The molecule has 0 unspecified atom stereocenters. The van der Waals surface area contributed by atoms with Crippen molar-refractivity contribution in [2.24, 2.45) is 0 Å². The van der Waals surface area contributed by atoms with Crippen LogP contribution in [0.5, 0.6) is 5.75 Å². The molecule has 0 aliphatic rings. The first kappa shape index (κ1) is 13.7. The number of hydrogen-bond acceptors (Lipinski definition) is 2. The van der Waals surface area contributed by atoms with Crippen molar-refractivity contribution in [3.8, 4) is 18.1 Å². The topological polar surface area (TPSA) is 38.3 Å². The fourth-order valence-electron chi connectivity index (χ4n) is 1.82. The Morgan fingerprint density at radius 3 is 2.80 bits per heavy atom. The summed E-state index contributed by atoms with van der Waals surface area (Å²) in [6.07, 6.45) is 5.34. The quantitative estimate of drug-likeness (QED) is 0.861. The summed E-state index contributed by atoms with van der Waals surface area (Å²) in [4.78, 5) is 12.3. The van der Waals surface area contributed by atoms with E-state index in [4.69, 9.17) is 11.2 Å². The number of carbonyl (C=O) groups excluding carboxylic acids is 1. The van der Waals surface area contributed by atoms with Gasteiger partial charge in [-0.05, 0) is 37.3 Å². The van der Waals surface area contributed by atoms with Crippen molar-refractivity contribution in [3.63, 3.8) is 0 Å². The van der Waals surface area contributed by atoms with Crippen LogP contribution >= 0.6 is 0 Å². The van der Waals surface area contributed by atoms with Crippen LogP contribution in [0.25, 0.3) is 0 Å². The maximum absolute atomic E-state index is 12.3. The minimum atomic E-state index is -0.219. The molecule has 2 aromatic rings. The van der Waals surface area contributed by atoms with Gasteiger partial charge >= 0.3 is 0 Å². The molecule has 0 aliphatic carbocycles. The molecular weight excluding hydrogens is 250 g/mol. The number of carbonyl (C=O) groups is 1. The fourth-order valence-corrected chi connectivity index (χ4v) is 1.82. The number of nitrogens with one attached hydrogen (secondary N) is 1. The highest BCUT2D eigenvalue weighted by molar-refractivity contribution is 6.06. The van der Waals surface area contributed by atoms with E-state index in [0.717, 1.165) is 5.56 Å². The van der Waals surface area contributed by atoms with Crippen molar-refractivity contribution in [2.75, 3.05) is 11.9 Å². The van der Waals surface area contributed by atoms with E-state index in [1.807, 2.05) is 19.1 Å². The molecule has 0 saturated heterocycles. The van der Waals surface area contributed by atoms with Gasteiger partial charge < -0.3 is 10.1 Å². The van der Waals surface area contributed by atoms with Gasteiger partial charge in [0.1, 0.15) is 5.75 Å². The second-order valence-corrected chi connectivity index (χ2v) is 4.11. The molecule has 1 amide bonds. The molecule has 2 aromatic carbocycles. The van der Waals surface area contributed by atoms with E-state index in [1.165, 1.54) is 0 Å². The Kier molecular flexibility index (Phi) is 4.41. The van der Waals surface area contributed by atoms with Gasteiger partial charge in [0.25, 0.3) is 5.91 Å². The lowest BCUT2D eigenvalue weighted by atomic mass is 10.1. The zero-order valence-electron chi connectivity index (χ0n) is 11.2. The second-order valence-electron chi connectivity index (χ2n) is 4.11. The molecule has 0 heterocycles. The minimum absolute atomic E-state index is 0.219. The molecule has 3 nitrogen and oxygen atoms in total. The van der Waals surface area contributed by atoms with Crippen LogP contribution in [0.4, 0.5) is 5.69 Å². The van der Waals surface area contributed by atoms with E-state index in [0.29, 0.717) is 23.6 Å². The first-order valence-electron chi connectivity index (χ1n) is 6.34. The summed E-state index contributed by atoms with van der Waals surface area (Å²) in [6, 6.07) is 14.3. The molecule has 0 aromatic heterocycles. The summed E-state index contributed by atoms with van der Waals surface area (Å²) in [6.45, 7) is 2.39. The maximum Gasteiger partial charge on any atom is 0.259 e. The van der Waals surface area contributed by atoms with Crippen LogP contribution in [-0.2, 0) is 0 Å². The molecule has 20 heavy (non-hydrogen) atoms. The SMILES string of the molecule is C#Cc1cccc(NC(=O)c2ccccc2OCC)c1. The van der Waals surface area contributed by atoms with E-state index in [2.05, 4.69) is 11.2 Å². The van der Waals surface area contributed by atoms with Crippen molar-refractivity contribution in [1.29, 1.82) is 0 Å². The van der Waals surface area contributed by atoms with Gasteiger partial charge in [-0.25, -0.2) is 0 Å². The van der Waals surface area contributed by atoms with Crippen LogP contribution in [0, 0.1) is 12.3 Å². The van der Waals surface area contributed by atoms with Gasteiger partial charge in [-0.1, -0.05) is 24.1 Å². The van der Waals surface area contributed by atoms with E-state index in [9.17, 15) is 4.79 Å². The Hall–Kier alpha value is -2.73. The summed E-state index contributed by atoms with van der Waals surface area (Å²) in [5.41, 5.74) is 1.89. The van der Waals surface area contributed by atoms with Crippen molar-refractivity contribution in [3.05, 3.63) is 59.7 Å². The van der Waals surface area contributed by atoms with Gasteiger partial charge in [-0.3, -0.25) is 4.79 Å². The molecule has 0 bridgehead atoms. The lowest BCUT2D eigenvalue weighted by molar-refractivity contribution is 0.102. The Morgan fingerprint density at radius 2 is 2.05 bits per heavy atom. The predicted octanol–water partition coefficient (Wildman–Crippen LogP) is 3.32. The van der Waals surface area contributed by atoms with Crippen molar-refractivity contribution >= 4 is 11.6 Å². The molecule has 2 rings (SSSR count). The lowest BCUT2D eigenvalue weighted by Crippen LogP contribution is -2.13. The third-order valence-electron chi connectivity index (χ3n) is 2.72. The monoisotopic (exact) mass is 265 g/mol. The van der Waals surface area contributed by atoms with Gasteiger partial charge in [0.05, 0.1) is 12.2 Å². The summed E-state index contributed by atoms with van der Waals surface area (Å²) >= 11 is 0. The zero-order chi connectivity index (χ0) is 14.4. The summed E-state index contributed by atoms with van der Waals surface area (Å²) < 4.78 is 5.45. The maximum atomic E-state index is 12.3. The highest BCUT2D eigenvalue weighted by Gasteiger charge is 2.11. The van der Waals surface area contributed by atoms with E-state index in [1.54, 1.807) is 36.4 Å². The van der Waals surface area contributed by atoms with Crippen molar-refractivity contribution in [1.82, 2.24) is 0 Å². The molecule has 100 valence electrons. The molecule has 0 aliphatic heterocycles. The van der Waals surface area contributed by atoms with Crippen LogP contribution in [0.3, 0.4) is 0 Å². The third-order valence-corrected chi connectivity index (χ3v) is 2.72. The van der Waals surface area contributed by atoms with Crippen LogP contribution in [0.2, 0.25) is 0 Å². The molecular formula is C17H15NO2. The highest BCUT2D eigenvalue weighted by atomic mass is 16.5. The number of amides is 1. The van der Waals surface area contributed by atoms with E-state index in [-0.39, 0.29) is 5.91 Å². The molecule has 1 N–H and O–H groups in total. The third kappa shape index (κ3) is 3.18. The van der Waals surface area contributed by atoms with Gasteiger partial charge in [0, 0.05) is 11.3 Å². The first-order valence-corrected chi connectivity index (χ1v) is 6.34. The highest BCUT2D eigenvalue weighted by Crippen LogP contribution is 2.20. The number of anilines is 1. The smallest absolute Gasteiger partial charge is 0.259 e. The Morgan fingerprint density at radius 1 is 1.25 bits per heavy atom. The van der Waals surface area contributed by atoms with E-state index < -0.39 is 0 Å². The number of rotatable bonds is 4. The number of ether oxygens (including phenoxy) is 1. The van der Waals surface area contributed by atoms with Crippen LogP contribution < -0.4 is 10.1 Å². The van der Waals surface area contributed by atoms with E-state index >= 15 is 0 Å². The molecule has 0 atom stereocenters. The minimum Gasteiger partial charge on any atom is -0.493 e. The lowest BCUT2D eigenvalue weighted by Gasteiger charge is -2.10. The summed E-state index contributed by atoms with van der Waals surface area (Å²) in [5, 5.41) is 2.82. The Labute approximate surface area is 118 Å². The number of benzene rings is 2. The normalized spacial score (nSPS) is 9.60. The molecule has 3 heteroatoms. The van der Waals surface area contributed by atoms with Crippen LogP contribution in [0.15, 0.2) is 48.5 Å². The van der Waals surface area contributed by atoms with Crippen molar-refractivity contribution in [2.45, 2.75) is 6.92 Å². The fraction of sp³-hybridized carbons (Fsp3) is 0.118. The molecule has 0 saturated carbocycles. The molecule has 0 radical (unpaired) electrons. The average Bonchev–Trinajstić information content (AvgIpc) is 2.48. The predicted molar refractivity (Wildman–Crippen MR) is 79.9 cm³/mol. The standard InChI is InChI=1S/C17H15NO2/c1-3-13-8-7-9-14(12-13)18-17(19)15-10-5-6-11-16(15)20-4-2/h1,5-12H,4H2,2H3,(H,18,19). The largest absolute Gasteiger partial charge is 0.493 e. The van der Waals surface area contributed by atoms with Gasteiger partial charge in [-0.15, -0.1) is 6.42 Å². The summed E-state index contributed by atoms with van der Waals surface area (Å²) in [7, 11) is 0. The molecule has 0 spiro atoms. The van der Waals surface area contributed by atoms with Crippen LogP contribution in [0.1, 0.15) is 22.8 Å². The van der Waals surface area contributed by atoms with Gasteiger partial charge in [0.15, 0.2) is 0 Å². The number of para-hydroxylation sites is 1.